The monoisotopic (exact) mass is 196 g/mol. The van der Waals surface area contributed by atoms with Gasteiger partial charge < -0.3 is 0 Å². The predicted octanol–water partition coefficient (Wildman–Crippen LogP) is 2.42. The van der Waals surface area contributed by atoms with E-state index in [1.165, 1.54) is 0 Å². The highest BCUT2D eigenvalue weighted by molar-refractivity contribution is 9.38. The summed E-state index contributed by atoms with van der Waals surface area (Å²) in [5.74, 6) is 0. The van der Waals surface area contributed by atoms with E-state index in [4.69, 9.17) is 0 Å². The molecule has 0 aromatic carbocycles. The predicted molar refractivity (Wildman–Crippen MR) is 51.5 cm³/mol. The molecule has 0 bridgehead atoms. The summed E-state index contributed by atoms with van der Waals surface area (Å²) in [7, 11) is 1.81. The van der Waals surface area contributed by atoms with E-state index in [1.807, 2.05) is 0 Å². The van der Waals surface area contributed by atoms with Crippen molar-refractivity contribution in [2.45, 2.75) is 30.6 Å². The van der Waals surface area contributed by atoms with Crippen molar-refractivity contribution in [3.8, 4) is 0 Å². The fraction of sp³-hybridized carbons (Fsp3) is 1.00. The molecule has 2 fully saturated rings. The van der Waals surface area contributed by atoms with Gasteiger partial charge >= 0.3 is 0 Å². The van der Waals surface area contributed by atoms with E-state index in [-0.39, 0.29) is 3.41 Å². The minimum Gasteiger partial charge on any atom is -0.263 e. The van der Waals surface area contributed by atoms with E-state index in [2.05, 4.69) is 20.8 Å². The normalized spacial score (nSPS) is 43.9. The van der Waals surface area contributed by atoms with Crippen LogP contribution in [0, 0.1) is 5.41 Å². The van der Waals surface area contributed by atoms with Crippen LogP contribution in [0.1, 0.15) is 27.2 Å². The number of fused-ring (bicyclic) bond motifs is 1. The zero-order chi connectivity index (χ0) is 7.62. The summed E-state index contributed by atoms with van der Waals surface area (Å²) in [6.45, 7) is 6.64. The van der Waals surface area contributed by atoms with E-state index in [0.29, 0.717) is 5.41 Å². The summed E-state index contributed by atoms with van der Waals surface area (Å²) in [5.41, 5.74) is 0.350. The van der Waals surface area contributed by atoms with Crippen molar-refractivity contribution >= 4 is 29.6 Å². The first-order chi connectivity index (χ1) is 4.37. The van der Waals surface area contributed by atoms with Crippen LogP contribution < -0.4 is 0 Å². The van der Waals surface area contributed by atoms with E-state index in [0.717, 1.165) is 6.42 Å². The Bertz CT molecular complexity index is 218. The molecule has 0 amide bonds. The third-order valence-electron chi connectivity index (χ3n) is 1.63. The quantitative estimate of drug-likeness (QED) is 0.394. The second-order valence-corrected chi connectivity index (χ2v) is 13.4. The first-order valence-electron chi connectivity index (χ1n) is 3.39. The molecule has 0 atom stereocenters. The zero-order valence-corrected chi connectivity index (χ0v) is 8.91. The van der Waals surface area contributed by atoms with Crippen molar-refractivity contribution in [1.29, 1.82) is 0 Å². The molecule has 4 heteroatoms. The van der Waals surface area contributed by atoms with Gasteiger partial charge in [-0.2, -0.15) is 0 Å². The standard InChI is InChI=1S/C6H12OS3/c1-5(2,3)4-6-8-10(6,7)9-6/h10H,4H2,1-3H3. The molecule has 0 aromatic heterocycles. The van der Waals surface area contributed by atoms with Crippen LogP contribution in [0.3, 0.4) is 0 Å². The Balaban J connectivity index is 2.01. The molecule has 0 radical (unpaired) electrons. The van der Waals surface area contributed by atoms with Gasteiger partial charge in [0.25, 0.3) is 0 Å². The highest BCUT2D eigenvalue weighted by Gasteiger charge is 2.81. The van der Waals surface area contributed by atoms with E-state index in [1.54, 1.807) is 21.6 Å². The highest BCUT2D eigenvalue weighted by atomic mass is 33.6. The van der Waals surface area contributed by atoms with Crippen LogP contribution >= 0.6 is 21.6 Å². The Morgan fingerprint density at radius 3 is 1.90 bits per heavy atom. The highest BCUT2D eigenvalue weighted by Crippen LogP contribution is 2.94. The third-order valence-corrected chi connectivity index (χ3v) is 12.7. The first kappa shape index (κ1) is 7.50. The molecule has 10 heavy (non-hydrogen) atoms. The molecule has 0 N–H and O–H groups in total. The van der Waals surface area contributed by atoms with Crippen LogP contribution in [-0.4, -0.2) is 7.62 Å². The Morgan fingerprint density at radius 2 is 1.80 bits per heavy atom. The van der Waals surface area contributed by atoms with Crippen LogP contribution in [0.25, 0.3) is 0 Å². The lowest BCUT2D eigenvalue weighted by Gasteiger charge is -2.16. The van der Waals surface area contributed by atoms with Crippen molar-refractivity contribution in [3.63, 3.8) is 0 Å². The maximum Gasteiger partial charge on any atom is 0.154 e. The van der Waals surface area contributed by atoms with E-state index in [9.17, 15) is 4.21 Å². The van der Waals surface area contributed by atoms with Gasteiger partial charge in [0.15, 0.2) is 3.41 Å². The average Bonchev–Trinajstić information content (AvgIpc) is 2.15. The van der Waals surface area contributed by atoms with Gasteiger partial charge in [0.05, 0.1) is 0 Å². The average molecular weight is 196 g/mol. The topological polar surface area (TPSA) is 17.1 Å². The molecule has 0 spiro atoms. The minimum atomic E-state index is -1.62. The first-order valence-corrected chi connectivity index (χ1v) is 7.94. The summed E-state index contributed by atoms with van der Waals surface area (Å²) in [6, 6.07) is 0. The number of thiol groups is 1. The lowest BCUT2D eigenvalue weighted by Crippen LogP contribution is -2.09. The molecule has 2 heterocycles. The summed E-state index contributed by atoms with van der Waals surface area (Å²) < 4.78 is 11.6. The van der Waals surface area contributed by atoms with Gasteiger partial charge in [-0.1, -0.05) is 20.8 Å². The van der Waals surface area contributed by atoms with Crippen LogP contribution in [0.4, 0.5) is 0 Å². The Hall–Kier alpha value is 0.850. The van der Waals surface area contributed by atoms with Crippen molar-refractivity contribution in [1.82, 2.24) is 0 Å². The van der Waals surface area contributed by atoms with Gasteiger partial charge in [0.1, 0.15) is 0 Å². The lowest BCUT2D eigenvalue weighted by molar-refractivity contribution is 0.391. The number of hydrogen-bond acceptors (Lipinski definition) is 3. The van der Waals surface area contributed by atoms with Crippen LogP contribution in [0.5, 0.6) is 0 Å². The minimum absolute atomic E-state index is 0.227. The largest absolute Gasteiger partial charge is 0.263 e. The second kappa shape index (κ2) is 1.62. The van der Waals surface area contributed by atoms with Crippen LogP contribution in [0.15, 0.2) is 0 Å². The van der Waals surface area contributed by atoms with Gasteiger partial charge in [0.2, 0.25) is 0 Å². The van der Waals surface area contributed by atoms with Crippen molar-refractivity contribution in [3.05, 3.63) is 0 Å². The molecule has 2 aliphatic rings. The van der Waals surface area contributed by atoms with Gasteiger partial charge in [0, 0.05) is 8.00 Å². The Kier molecular flexibility index (Phi) is 1.21. The van der Waals surface area contributed by atoms with E-state index < -0.39 is 8.00 Å². The Morgan fingerprint density at radius 1 is 1.40 bits per heavy atom. The number of hydrogen-bond donors (Lipinski definition) is 1. The summed E-state index contributed by atoms with van der Waals surface area (Å²) in [6.07, 6.45) is 1.12. The fourth-order valence-corrected chi connectivity index (χ4v) is 12.2. The maximum atomic E-state index is 11.3. The van der Waals surface area contributed by atoms with Gasteiger partial charge in [-0.05, 0) is 33.4 Å². The Labute approximate surface area is 69.9 Å². The maximum absolute atomic E-state index is 11.3. The van der Waals surface area contributed by atoms with Crippen LogP contribution in [-0.2, 0) is 8.00 Å². The summed E-state index contributed by atoms with van der Waals surface area (Å²) in [4.78, 5) is 0. The number of rotatable bonds is 1. The molecule has 2 aliphatic heterocycles. The molecule has 1 nitrogen and oxygen atoms in total. The van der Waals surface area contributed by atoms with Gasteiger partial charge in [-0.25, -0.2) is 0 Å². The zero-order valence-electron chi connectivity index (χ0n) is 6.38. The SMILES string of the molecule is CC(C)(C)CC12S[SH]1(=O)S2. The molecule has 0 saturated carbocycles. The molecular formula is C6H12OS3. The second-order valence-electron chi connectivity index (χ2n) is 4.13. The molecule has 0 aliphatic carbocycles. The van der Waals surface area contributed by atoms with Crippen molar-refractivity contribution in [2.75, 3.05) is 0 Å². The molecule has 0 unspecified atom stereocenters. The molecule has 2 saturated heterocycles. The van der Waals surface area contributed by atoms with E-state index >= 15 is 0 Å². The van der Waals surface area contributed by atoms with Gasteiger partial charge in [-0.3, -0.25) is 4.21 Å². The molecule has 60 valence electrons. The summed E-state index contributed by atoms with van der Waals surface area (Å²) >= 11 is 0. The van der Waals surface area contributed by atoms with Crippen molar-refractivity contribution < 1.29 is 4.21 Å². The molecular weight excluding hydrogens is 184 g/mol. The van der Waals surface area contributed by atoms with Gasteiger partial charge in [-0.15, -0.1) is 0 Å². The smallest absolute Gasteiger partial charge is 0.154 e. The fourth-order valence-electron chi connectivity index (χ4n) is 1.17. The summed E-state index contributed by atoms with van der Waals surface area (Å²) in [5, 5.41) is 0. The lowest BCUT2D eigenvalue weighted by atomic mass is 9.93. The molecule has 0 aromatic rings. The van der Waals surface area contributed by atoms with Crippen LogP contribution in [0.2, 0.25) is 0 Å². The molecule has 2 rings (SSSR count). The van der Waals surface area contributed by atoms with Crippen molar-refractivity contribution in [2.24, 2.45) is 5.41 Å². The third kappa shape index (κ3) is 0.959.